The van der Waals surface area contributed by atoms with Crippen LogP contribution in [0.3, 0.4) is 0 Å². The van der Waals surface area contributed by atoms with E-state index >= 15 is 0 Å². The van der Waals surface area contributed by atoms with Crippen molar-refractivity contribution in [1.82, 2.24) is 16.0 Å². The molecule has 3 N–H and O–H groups in total. The van der Waals surface area contributed by atoms with Crippen LogP contribution in [0.2, 0.25) is 0 Å². The van der Waals surface area contributed by atoms with Crippen LogP contribution in [0.5, 0.6) is 0 Å². The van der Waals surface area contributed by atoms with E-state index < -0.39 is 0 Å². The summed E-state index contributed by atoms with van der Waals surface area (Å²) in [5.74, 6) is 0.803. The first-order valence-corrected chi connectivity index (χ1v) is 6.44. The maximum Gasteiger partial charge on any atom is 0.238 e. The number of carbonyl (C=O) groups excluding carboxylic acids is 1. The highest BCUT2D eigenvalue weighted by atomic mass is 16.2. The molecule has 4 unspecified atom stereocenters. The molecule has 1 heterocycles. The molecule has 2 aliphatic rings. The molecule has 0 spiro atoms. The quantitative estimate of drug-likeness (QED) is 0.631. The summed E-state index contributed by atoms with van der Waals surface area (Å²) in [6.07, 6.45) is 3.64. The van der Waals surface area contributed by atoms with Gasteiger partial charge in [-0.15, -0.1) is 0 Å². The second kappa shape index (κ2) is 5.15. The molecule has 2 rings (SSSR count). The molecule has 4 nitrogen and oxygen atoms in total. The van der Waals surface area contributed by atoms with E-state index in [1.807, 2.05) is 0 Å². The van der Waals surface area contributed by atoms with Crippen LogP contribution in [-0.2, 0) is 4.79 Å². The standard InChI is InChI=1S/C12H23N3O/c1-8-4-3-5-10(8)15-12(16)11-7-13-9(2)6-14-11/h8-11,13-14H,3-7H2,1-2H3,(H,15,16). The van der Waals surface area contributed by atoms with E-state index in [1.54, 1.807) is 0 Å². The van der Waals surface area contributed by atoms with Gasteiger partial charge in [0.25, 0.3) is 0 Å². The summed E-state index contributed by atoms with van der Waals surface area (Å²) in [7, 11) is 0. The van der Waals surface area contributed by atoms with Crippen molar-refractivity contribution in [3.8, 4) is 0 Å². The van der Waals surface area contributed by atoms with E-state index in [1.165, 1.54) is 12.8 Å². The van der Waals surface area contributed by atoms with Crippen molar-refractivity contribution in [2.24, 2.45) is 5.92 Å². The van der Waals surface area contributed by atoms with Crippen molar-refractivity contribution in [2.45, 2.75) is 51.2 Å². The molecule has 0 aromatic carbocycles. The van der Waals surface area contributed by atoms with Crippen LogP contribution in [0.1, 0.15) is 33.1 Å². The molecular formula is C12H23N3O. The molecule has 0 radical (unpaired) electrons. The maximum atomic E-state index is 12.0. The van der Waals surface area contributed by atoms with E-state index in [9.17, 15) is 4.79 Å². The van der Waals surface area contributed by atoms with Gasteiger partial charge in [-0.05, 0) is 25.7 Å². The summed E-state index contributed by atoms with van der Waals surface area (Å²) >= 11 is 0. The van der Waals surface area contributed by atoms with Gasteiger partial charge in [0.15, 0.2) is 0 Å². The summed E-state index contributed by atoms with van der Waals surface area (Å²) in [6.45, 7) is 5.97. The Balaban J connectivity index is 1.79. The fourth-order valence-electron chi connectivity index (χ4n) is 2.61. The first-order chi connectivity index (χ1) is 7.66. The lowest BCUT2D eigenvalue weighted by Crippen LogP contribution is -2.60. The van der Waals surface area contributed by atoms with E-state index in [4.69, 9.17) is 0 Å². The predicted molar refractivity (Wildman–Crippen MR) is 64.2 cm³/mol. The van der Waals surface area contributed by atoms with Crippen molar-refractivity contribution < 1.29 is 4.79 Å². The van der Waals surface area contributed by atoms with Crippen molar-refractivity contribution >= 4 is 5.91 Å². The van der Waals surface area contributed by atoms with Gasteiger partial charge in [-0.3, -0.25) is 4.79 Å². The van der Waals surface area contributed by atoms with Gasteiger partial charge >= 0.3 is 0 Å². The zero-order valence-electron chi connectivity index (χ0n) is 10.3. The van der Waals surface area contributed by atoms with Gasteiger partial charge in [-0.2, -0.15) is 0 Å². The lowest BCUT2D eigenvalue weighted by Gasteiger charge is -2.29. The van der Waals surface area contributed by atoms with Crippen molar-refractivity contribution in [2.75, 3.05) is 13.1 Å². The Morgan fingerprint density at radius 1 is 1.19 bits per heavy atom. The van der Waals surface area contributed by atoms with Crippen molar-refractivity contribution in [3.05, 3.63) is 0 Å². The monoisotopic (exact) mass is 225 g/mol. The number of rotatable bonds is 2. The highest BCUT2D eigenvalue weighted by Crippen LogP contribution is 2.24. The van der Waals surface area contributed by atoms with Gasteiger partial charge in [0, 0.05) is 25.2 Å². The third kappa shape index (κ3) is 2.74. The van der Waals surface area contributed by atoms with Crippen LogP contribution in [0.15, 0.2) is 0 Å². The largest absolute Gasteiger partial charge is 0.352 e. The molecule has 1 saturated heterocycles. The molecular weight excluding hydrogens is 202 g/mol. The molecule has 1 saturated carbocycles. The van der Waals surface area contributed by atoms with E-state index in [0.717, 1.165) is 19.5 Å². The molecule has 16 heavy (non-hydrogen) atoms. The molecule has 0 bridgehead atoms. The average molecular weight is 225 g/mol. The Labute approximate surface area is 97.6 Å². The number of hydrogen-bond donors (Lipinski definition) is 3. The third-order valence-corrected chi connectivity index (χ3v) is 3.85. The Kier molecular flexibility index (Phi) is 3.82. The summed E-state index contributed by atoms with van der Waals surface area (Å²) < 4.78 is 0. The van der Waals surface area contributed by atoms with E-state index in [2.05, 4.69) is 29.8 Å². The minimum absolute atomic E-state index is 0.0519. The van der Waals surface area contributed by atoms with Crippen LogP contribution in [0.4, 0.5) is 0 Å². The highest BCUT2D eigenvalue weighted by Gasteiger charge is 2.29. The molecule has 4 heteroatoms. The zero-order chi connectivity index (χ0) is 11.5. The second-order valence-electron chi connectivity index (χ2n) is 5.29. The Morgan fingerprint density at radius 2 is 2.00 bits per heavy atom. The van der Waals surface area contributed by atoms with E-state index in [0.29, 0.717) is 18.0 Å². The number of nitrogens with one attached hydrogen (secondary N) is 3. The number of piperazine rings is 1. The van der Waals surface area contributed by atoms with Gasteiger partial charge in [0.2, 0.25) is 5.91 Å². The van der Waals surface area contributed by atoms with Crippen LogP contribution >= 0.6 is 0 Å². The van der Waals surface area contributed by atoms with Crippen molar-refractivity contribution in [3.63, 3.8) is 0 Å². The first kappa shape index (κ1) is 11.9. The fraction of sp³-hybridized carbons (Fsp3) is 0.917. The zero-order valence-corrected chi connectivity index (χ0v) is 10.3. The summed E-state index contributed by atoms with van der Waals surface area (Å²) in [5, 5.41) is 9.78. The van der Waals surface area contributed by atoms with Gasteiger partial charge in [-0.25, -0.2) is 0 Å². The minimum atomic E-state index is -0.0519. The summed E-state index contributed by atoms with van der Waals surface area (Å²) in [5.41, 5.74) is 0. The van der Waals surface area contributed by atoms with Crippen LogP contribution in [-0.4, -0.2) is 37.1 Å². The highest BCUT2D eigenvalue weighted by molar-refractivity contribution is 5.82. The van der Waals surface area contributed by atoms with Crippen LogP contribution in [0, 0.1) is 5.92 Å². The summed E-state index contributed by atoms with van der Waals surface area (Å²) in [6, 6.07) is 0.812. The number of hydrogen-bond acceptors (Lipinski definition) is 3. The van der Waals surface area contributed by atoms with Gasteiger partial charge in [0.1, 0.15) is 0 Å². The van der Waals surface area contributed by atoms with Gasteiger partial charge in [-0.1, -0.05) is 13.3 Å². The molecule has 4 atom stereocenters. The van der Waals surface area contributed by atoms with E-state index in [-0.39, 0.29) is 11.9 Å². The van der Waals surface area contributed by atoms with Crippen LogP contribution in [0.25, 0.3) is 0 Å². The Hall–Kier alpha value is -0.610. The smallest absolute Gasteiger partial charge is 0.238 e. The third-order valence-electron chi connectivity index (χ3n) is 3.85. The second-order valence-corrected chi connectivity index (χ2v) is 5.29. The Morgan fingerprint density at radius 3 is 2.56 bits per heavy atom. The van der Waals surface area contributed by atoms with Crippen LogP contribution < -0.4 is 16.0 Å². The molecule has 2 fully saturated rings. The normalized spacial score (nSPS) is 39.6. The minimum Gasteiger partial charge on any atom is -0.352 e. The van der Waals surface area contributed by atoms with Gasteiger partial charge in [0.05, 0.1) is 6.04 Å². The summed E-state index contributed by atoms with van der Waals surface area (Å²) in [4.78, 5) is 12.0. The topological polar surface area (TPSA) is 53.2 Å². The molecule has 1 amide bonds. The average Bonchev–Trinajstić information content (AvgIpc) is 2.65. The Bertz CT molecular complexity index is 249. The molecule has 0 aromatic rings. The lowest BCUT2D eigenvalue weighted by atomic mass is 10.1. The lowest BCUT2D eigenvalue weighted by molar-refractivity contribution is -0.124. The first-order valence-electron chi connectivity index (χ1n) is 6.44. The predicted octanol–water partition coefficient (Wildman–Crippen LogP) is 0.241. The number of amides is 1. The SMILES string of the molecule is CC1CNC(C(=O)NC2CCCC2C)CN1. The molecule has 1 aliphatic heterocycles. The molecule has 92 valence electrons. The van der Waals surface area contributed by atoms with Crippen molar-refractivity contribution in [1.29, 1.82) is 0 Å². The molecule has 0 aromatic heterocycles. The van der Waals surface area contributed by atoms with Gasteiger partial charge < -0.3 is 16.0 Å². The molecule has 1 aliphatic carbocycles. The number of carbonyl (C=O) groups is 1. The maximum absolute atomic E-state index is 12.0. The fourth-order valence-corrected chi connectivity index (χ4v) is 2.61.